The van der Waals surface area contributed by atoms with Crippen molar-refractivity contribution in [3.05, 3.63) is 42.2 Å². The lowest BCUT2D eigenvalue weighted by atomic mass is 10.1. The molecule has 0 aliphatic rings. The molecule has 0 N–H and O–H groups in total. The van der Waals surface area contributed by atoms with E-state index in [1.807, 2.05) is 12.1 Å². The summed E-state index contributed by atoms with van der Waals surface area (Å²) in [6, 6.07) is 8.23. The fraction of sp³-hybridized carbons (Fsp3) is 0. The molecule has 0 heterocycles. The average Bonchev–Trinajstić information content (AvgIpc) is 2.17. The Bertz CT molecular complexity index is 458. The van der Waals surface area contributed by atoms with Gasteiger partial charge in [-0.05, 0) is 86.6 Å². The van der Waals surface area contributed by atoms with E-state index in [0.717, 1.165) is 17.9 Å². The van der Waals surface area contributed by atoms with Gasteiger partial charge in [0.25, 0.3) is 0 Å². The first-order valence-corrected chi connectivity index (χ1v) is 7.00. The third-order valence-electron chi connectivity index (χ3n) is 1.98. The molecule has 0 atom stereocenters. The van der Waals surface area contributed by atoms with Gasteiger partial charge in [0.05, 0.1) is 0 Å². The van der Waals surface area contributed by atoms with Crippen molar-refractivity contribution in [1.29, 1.82) is 0 Å². The maximum atomic E-state index is 3.56. The second kappa shape index (κ2) is 4.24. The molecule has 0 radical (unpaired) electrons. The van der Waals surface area contributed by atoms with Crippen molar-refractivity contribution in [1.82, 2.24) is 0 Å². The van der Waals surface area contributed by atoms with Crippen LogP contribution in [0.4, 0.5) is 0 Å². The summed E-state index contributed by atoms with van der Waals surface area (Å²) in [4.78, 5) is 0. The molecule has 0 nitrogen and oxygen atoms in total. The fourth-order valence-electron chi connectivity index (χ4n) is 1.28. The summed E-state index contributed by atoms with van der Waals surface area (Å²) < 4.78 is 4.31. The summed E-state index contributed by atoms with van der Waals surface area (Å²) in [5, 5.41) is 2.38. The van der Waals surface area contributed by atoms with Gasteiger partial charge in [0.2, 0.25) is 0 Å². The molecule has 2 aromatic carbocycles. The zero-order chi connectivity index (χ0) is 10.3. The second-order valence-electron chi connectivity index (χ2n) is 2.82. The number of hydrogen-bond donors (Lipinski definition) is 0. The van der Waals surface area contributed by atoms with Crippen LogP contribution < -0.4 is 0 Å². The number of fused-ring (bicyclic) bond motifs is 1. The first-order chi connectivity index (χ1) is 6.61. The smallest absolute Gasteiger partial charge is 0.0396 e. The molecule has 0 aliphatic heterocycles. The van der Waals surface area contributed by atoms with E-state index < -0.39 is 0 Å². The monoisotopic (exact) mass is 440 g/mol. The van der Waals surface area contributed by atoms with Crippen LogP contribution in [-0.4, -0.2) is 0 Å². The zero-order valence-electron chi connectivity index (χ0n) is 6.82. The van der Waals surface area contributed by atoms with Crippen LogP contribution >= 0.6 is 63.7 Å². The standard InChI is InChI=1S/C10H4Br4/c11-7-3-1-5-6(10(7)14)2-4-8(12)9(5)13/h1-4H. The van der Waals surface area contributed by atoms with Crippen LogP contribution in [0.25, 0.3) is 10.8 Å². The van der Waals surface area contributed by atoms with Gasteiger partial charge in [0.15, 0.2) is 0 Å². The third-order valence-corrected chi connectivity index (χ3v) is 6.07. The Kier molecular flexibility index (Phi) is 3.37. The van der Waals surface area contributed by atoms with Crippen LogP contribution in [0.2, 0.25) is 0 Å². The van der Waals surface area contributed by atoms with Crippen molar-refractivity contribution in [2.75, 3.05) is 0 Å². The summed E-state index contributed by atoms with van der Waals surface area (Å²) >= 11 is 14.1. The topological polar surface area (TPSA) is 0 Å². The van der Waals surface area contributed by atoms with E-state index >= 15 is 0 Å². The molecule has 0 bridgehead atoms. The molecule has 0 amide bonds. The highest BCUT2D eigenvalue weighted by Crippen LogP contribution is 2.37. The Labute approximate surface area is 116 Å². The van der Waals surface area contributed by atoms with E-state index in [1.165, 1.54) is 10.8 Å². The SMILES string of the molecule is Brc1ccc2c(Br)c(Br)ccc2c1Br. The van der Waals surface area contributed by atoms with Gasteiger partial charge in [-0.2, -0.15) is 0 Å². The Morgan fingerprint density at radius 2 is 0.929 bits per heavy atom. The quantitative estimate of drug-likeness (QED) is 0.476. The Hall–Kier alpha value is 0.620. The molecule has 0 aliphatic carbocycles. The molecular formula is C10H4Br4. The lowest BCUT2D eigenvalue weighted by Crippen LogP contribution is -1.79. The fourth-order valence-corrected chi connectivity index (χ4v) is 2.93. The molecule has 0 fully saturated rings. The van der Waals surface area contributed by atoms with Crippen LogP contribution in [0.5, 0.6) is 0 Å². The number of benzene rings is 2. The predicted molar refractivity (Wildman–Crippen MR) is 74.7 cm³/mol. The second-order valence-corrected chi connectivity index (χ2v) is 6.11. The minimum absolute atomic E-state index is 1.07. The van der Waals surface area contributed by atoms with Gasteiger partial charge < -0.3 is 0 Å². The molecule has 14 heavy (non-hydrogen) atoms. The van der Waals surface area contributed by atoms with Gasteiger partial charge in [-0.3, -0.25) is 0 Å². The normalized spacial score (nSPS) is 10.9. The van der Waals surface area contributed by atoms with Gasteiger partial charge in [0, 0.05) is 17.9 Å². The van der Waals surface area contributed by atoms with Crippen LogP contribution in [-0.2, 0) is 0 Å². The maximum Gasteiger partial charge on any atom is 0.0396 e. The summed E-state index contributed by atoms with van der Waals surface area (Å²) in [6.07, 6.45) is 0. The van der Waals surface area contributed by atoms with Crippen molar-refractivity contribution in [3.8, 4) is 0 Å². The minimum Gasteiger partial charge on any atom is -0.0520 e. The van der Waals surface area contributed by atoms with E-state index in [9.17, 15) is 0 Å². The number of rotatable bonds is 0. The highest BCUT2D eigenvalue weighted by Gasteiger charge is 2.07. The van der Waals surface area contributed by atoms with Crippen molar-refractivity contribution in [3.63, 3.8) is 0 Å². The Balaban J connectivity index is 2.94. The van der Waals surface area contributed by atoms with Gasteiger partial charge in [0.1, 0.15) is 0 Å². The maximum absolute atomic E-state index is 3.56. The summed E-state index contributed by atoms with van der Waals surface area (Å²) in [7, 11) is 0. The molecule has 0 saturated heterocycles. The molecule has 0 spiro atoms. The van der Waals surface area contributed by atoms with Crippen molar-refractivity contribution in [2.45, 2.75) is 0 Å². The lowest BCUT2D eigenvalue weighted by molar-refractivity contribution is 1.60. The molecule has 2 aromatic rings. The van der Waals surface area contributed by atoms with Gasteiger partial charge in [-0.25, -0.2) is 0 Å². The zero-order valence-corrected chi connectivity index (χ0v) is 13.2. The highest BCUT2D eigenvalue weighted by atomic mass is 79.9. The summed E-state index contributed by atoms with van der Waals surface area (Å²) in [5.41, 5.74) is 0. The average molecular weight is 444 g/mol. The highest BCUT2D eigenvalue weighted by molar-refractivity contribution is 9.13. The van der Waals surface area contributed by atoms with Crippen molar-refractivity contribution >= 4 is 74.5 Å². The van der Waals surface area contributed by atoms with E-state index in [1.54, 1.807) is 0 Å². The number of hydrogen-bond acceptors (Lipinski definition) is 0. The summed E-state index contributed by atoms with van der Waals surface area (Å²) in [5.74, 6) is 0. The van der Waals surface area contributed by atoms with Gasteiger partial charge in [-0.15, -0.1) is 0 Å². The van der Waals surface area contributed by atoms with E-state index in [-0.39, 0.29) is 0 Å². The van der Waals surface area contributed by atoms with Crippen molar-refractivity contribution < 1.29 is 0 Å². The first-order valence-electron chi connectivity index (χ1n) is 3.83. The Morgan fingerprint density at radius 1 is 0.571 bits per heavy atom. The van der Waals surface area contributed by atoms with E-state index in [2.05, 4.69) is 75.9 Å². The largest absolute Gasteiger partial charge is 0.0520 e. The third kappa shape index (κ3) is 1.82. The van der Waals surface area contributed by atoms with Crippen LogP contribution in [0.15, 0.2) is 42.2 Å². The van der Waals surface area contributed by atoms with Gasteiger partial charge in [-0.1, -0.05) is 12.1 Å². The summed E-state index contributed by atoms with van der Waals surface area (Å²) in [6.45, 7) is 0. The van der Waals surface area contributed by atoms with Crippen molar-refractivity contribution in [2.24, 2.45) is 0 Å². The molecule has 0 aromatic heterocycles. The van der Waals surface area contributed by atoms with Crippen LogP contribution in [0, 0.1) is 0 Å². The predicted octanol–water partition coefficient (Wildman–Crippen LogP) is 5.89. The molecule has 0 saturated carbocycles. The molecule has 2 rings (SSSR count). The molecule has 72 valence electrons. The van der Waals surface area contributed by atoms with Gasteiger partial charge >= 0.3 is 0 Å². The van der Waals surface area contributed by atoms with E-state index in [0.29, 0.717) is 0 Å². The Morgan fingerprint density at radius 3 is 1.29 bits per heavy atom. The van der Waals surface area contributed by atoms with E-state index in [4.69, 9.17) is 0 Å². The van der Waals surface area contributed by atoms with Crippen LogP contribution in [0.1, 0.15) is 0 Å². The molecular weight excluding hydrogens is 440 g/mol. The molecule has 4 heteroatoms. The minimum atomic E-state index is 1.07. The number of halogens is 4. The molecule has 0 unspecified atom stereocenters. The first kappa shape index (κ1) is 11.1. The van der Waals surface area contributed by atoms with Crippen LogP contribution in [0.3, 0.4) is 0 Å². The lowest BCUT2D eigenvalue weighted by Gasteiger charge is -2.06.